The molecule has 3 aliphatic rings. The molecule has 3 heterocycles. The summed E-state index contributed by atoms with van der Waals surface area (Å²) in [6, 6.07) is 18.4. The highest BCUT2D eigenvalue weighted by atomic mass is 16.6. The molecule has 0 unspecified atom stereocenters. The number of aryl methyl sites for hydroxylation is 1. The van der Waals surface area contributed by atoms with Crippen LogP contribution in [0.3, 0.4) is 0 Å². The maximum Gasteiger partial charge on any atom is 0.410 e. The Morgan fingerprint density at radius 3 is 2.41 bits per heavy atom. The Hall–Kier alpha value is -4.06. The second kappa shape index (κ2) is 15.2. The number of nitrogens with one attached hydrogen (secondary N) is 3. The van der Waals surface area contributed by atoms with Crippen LogP contribution in [0.1, 0.15) is 86.5 Å². The van der Waals surface area contributed by atoms with Crippen molar-refractivity contribution in [3.05, 3.63) is 76.9 Å². The summed E-state index contributed by atoms with van der Waals surface area (Å²) in [5.41, 5.74) is 4.01. The van der Waals surface area contributed by atoms with Crippen LogP contribution >= 0.6 is 0 Å². The maximum atomic E-state index is 13.6. The minimum atomic E-state index is -0.516. The smallest absolute Gasteiger partial charge is 0.410 e. The van der Waals surface area contributed by atoms with Crippen molar-refractivity contribution in [2.24, 2.45) is 11.8 Å². The van der Waals surface area contributed by atoms with Crippen LogP contribution in [0.2, 0.25) is 0 Å². The van der Waals surface area contributed by atoms with Gasteiger partial charge in [0.15, 0.2) is 0 Å². The molecule has 1 atom stereocenters. The van der Waals surface area contributed by atoms with Crippen LogP contribution in [0.15, 0.2) is 54.6 Å². The number of carbonyl (C=O) groups excluding carboxylic acids is 2. The van der Waals surface area contributed by atoms with Crippen LogP contribution in [0.25, 0.3) is 10.8 Å². The van der Waals surface area contributed by atoms with Crippen LogP contribution in [-0.4, -0.2) is 79.3 Å². The third-order valence-corrected chi connectivity index (χ3v) is 10.1. The molecule has 0 radical (unpaired) electrons. The number of ether oxygens (including phenoxy) is 1. The Balaban J connectivity index is 1.07. The first kappa shape index (κ1) is 34.8. The van der Waals surface area contributed by atoms with Gasteiger partial charge in [-0.25, -0.2) is 4.79 Å². The third-order valence-electron chi connectivity index (χ3n) is 10.1. The molecule has 3 aliphatic heterocycles. The van der Waals surface area contributed by atoms with Gasteiger partial charge in [0.2, 0.25) is 0 Å². The van der Waals surface area contributed by atoms with E-state index < -0.39 is 5.60 Å². The summed E-state index contributed by atoms with van der Waals surface area (Å²) >= 11 is 0. The molecule has 3 aromatic carbocycles. The number of nitrogens with zero attached hydrogens (tertiary/aromatic N) is 2. The number of likely N-dealkylation sites (tertiary alicyclic amines) is 2. The summed E-state index contributed by atoms with van der Waals surface area (Å²) in [4.78, 5) is 30.3. The number of benzene rings is 3. The van der Waals surface area contributed by atoms with Gasteiger partial charge in [0.1, 0.15) is 5.60 Å². The molecule has 0 bridgehead atoms. The Bertz CT molecular complexity index is 1700. The highest BCUT2D eigenvalue weighted by molar-refractivity contribution is 5.97. The second-order valence-corrected chi connectivity index (χ2v) is 15.2. The molecule has 49 heavy (non-hydrogen) atoms. The van der Waals surface area contributed by atoms with Gasteiger partial charge in [-0.3, -0.25) is 4.79 Å². The normalized spacial score (nSPS) is 18.7. The maximum absolute atomic E-state index is 13.6. The van der Waals surface area contributed by atoms with E-state index in [0.717, 1.165) is 78.1 Å². The fourth-order valence-electron chi connectivity index (χ4n) is 7.27. The zero-order valence-electron chi connectivity index (χ0n) is 29.9. The molecule has 260 valence electrons. The fraction of sp³-hybridized carbons (Fsp3) is 0.512. The van der Waals surface area contributed by atoms with Gasteiger partial charge < -0.3 is 30.5 Å². The summed E-state index contributed by atoms with van der Waals surface area (Å²) in [5.74, 6) is 8.32. The molecule has 8 nitrogen and oxygen atoms in total. The van der Waals surface area contributed by atoms with Gasteiger partial charge in [-0.05, 0) is 132 Å². The van der Waals surface area contributed by atoms with E-state index in [4.69, 9.17) is 4.74 Å². The highest BCUT2D eigenvalue weighted by Gasteiger charge is 2.34. The lowest BCUT2D eigenvalue weighted by Gasteiger charge is -2.40. The van der Waals surface area contributed by atoms with Gasteiger partial charge in [-0.15, -0.1) is 0 Å². The van der Waals surface area contributed by atoms with Gasteiger partial charge in [0.25, 0.3) is 5.91 Å². The first-order chi connectivity index (χ1) is 23.5. The fourth-order valence-corrected chi connectivity index (χ4v) is 7.27. The van der Waals surface area contributed by atoms with Gasteiger partial charge in [0, 0.05) is 42.4 Å². The minimum absolute atomic E-state index is 0.107. The Kier molecular flexibility index (Phi) is 10.8. The number of fused-ring (bicyclic) bond motifs is 1. The van der Waals surface area contributed by atoms with Crippen LogP contribution in [-0.2, 0) is 4.74 Å². The van der Waals surface area contributed by atoms with Gasteiger partial charge in [0.05, 0.1) is 12.1 Å². The average Bonchev–Trinajstić information content (AvgIpc) is 3.06. The van der Waals surface area contributed by atoms with E-state index in [1.807, 2.05) is 52.8 Å². The largest absolute Gasteiger partial charge is 0.444 e. The summed E-state index contributed by atoms with van der Waals surface area (Å²) < 4.78 is 5.47. The van der Waals surface area contributed by atoms with Crippen molar-refractivity contribution in [3.63, 3.8) is 0 Å². The van der Waals surface area contributed by atoms with Crippen LogP contribution < -0.4 is 16.0 Å². The highest BCUT2D eigenvalue weighted by Crippen LogP contribution is 2.29. The first-order valence-electron chi connectivity index (χ1n) is 18.1. The summed E-state index contributed by atoms with van der Waals surface area (Å²) in [7, 11) is 0. The topological polar surface area (TPSA) is 85.9 Å². The Morgan fingerprint density at radius 1 is 0.980 bits per heavy atom. The predicted molar refractivity (Wildman–Crippen MR) is 198 cm³/mol. The molecule has 3 aromatic rings. The molecule has 2 amide bonds. The van der Waals surface area contributed by atoms with E-state index in [-0.39, 0.29) is 24.1 Å². The van der Waals surface area contributed by atoms with Crippen molar-refractivity contribution in [2.45, 2.75) is 78.0 Å². The molecular formula is C41H53N5O3. The summed E-state index contributed by atoms with van der Waals surface area (Å²) in [6.45, 7) is 16.6. The summed E-state index contributed by atoms with van der Waals surface area (Å²) in [6.07, 6.45) is 4.58. The lowest BCUT2D eigenvalue weighted by Crippen LogP contribution is -2.57. The predicted octanol–water partition coefficient (Wildman–Crippen LogP) is 6.73. The number of amides is 2. The van der Waals surface area contributed by atoms with Crippen molar-refractivity contribution in [2.75, 3.05) is 51.1 Å². The van der Waals surface area contributed by atoms with Gasteiger partial charge in [-0.2, -0.15) is 0 Å². The number of hydrogen-bond donors (Lipinski definition) is 3. The van der Waals surface area contributed by atoms with Crippen molar-refractivity contribution in [1.82, 2.24) is 20.4 Å². The van der Waals surface area contributed by atoms with Gasteiger partial charge >= 0.3 is 6.09 Å². The molecule has 0 aliphatic carbocycles. The number of anilines is 1. The molecular weight excluding hydrogens is 610 g/mol. The van der Waals surface area contributed by atoms with E-state index >= 15 is 0 Å². The van der Waals surface area contributed by atoms with Crippen LogP contribution in [0.4, 0.5) is 10.5 Å². The van der Waals surface area contributed by atoms with Crippen molar-refractivity contribution in [1.29, 1.82) is 0 Å². The number of rotatable bonds is 7. The Morgan fingerprint density at radius 2 is 1.69 bits per heavy atom. The molecule has 3 N–H and O–H groups in total. The number of carbonyl (C=O) groups is 2. The van der Waals surface area contributed by atoms with E-state index in [1.165, 1.54) is 19.4 Å². The lowest BCUT2D eigenvalue weighted by atomic mass is 9.92. The number of piperidine rings is 2. The zero-order chi connectivity index (χ0) is 34.5. The molecule has 0 spiro atoms. The molecule has 0 aromatic heterocycles. The Labute approximate surface area is 292 Å². The molecule has 0 saturated carbocycles. The SMILES string of the molecule is Cc1ccc(NC2CN(C(=O)OC(C)(C)C)C2)cc1C(=O)N[C@H](C)c1ccc(C#CC2CCN(CC3CCNCC3)CC2)c2ccccc12. The second-order valence-electron chi connectivity index (χ2n) is 15.2. The molecule has 3 saturated heterocycles. The monoisotopic (exact) mass is 663 g/mol. The third kappa shape index (κ3) is 8.95. The quantitative estimate of drug-likeness (QED) is 0.243. The van der Waals surface area contributed by atoms with E-state index in [1.54, 1.807) is 4.90 Å². The lowest BCUT2D eigenvalue weighted by molar-refractivity contribution is 0.0105. The van der Waals surface area contributed by atoms with Crippen molar-refractivity contribution < 1.29 is 14.3 Å². The minimum Gasteiger partial charge on any atom is -0.444 e. The van der Waals surface area contributed by atoms with Gasteiger partial charge in [-0.1, -0.05) is 48.2 Å². The first-order valence-corrected chi connectivity index (χ1v) is 18.1. The van der Waals surface area contributed by atoms with Crippen LogP contribution in [0, 0.1) is 30.6 Å². The summed E-state index contributed by atoms with van der Waals surface area (Å²) in [5, 5.41) is 12.4. The van der Waals surface area contributed by atoms with E-state index in [9.17, 15) is 9.59 Å². The standard InChI is InChI=1S/C41H53N5O3/c1-28-10-14-33(44-34-26-46(27-34)40(48)49-41(3,4)5)24-38(28)39(47)43-29(2)35-15-13-32(36-8-6-7-9-37(35)36)12-11-30-18-22-45(23-19-30)25-31-16-20-42-21-17-31/h6-10,13-15,24,29-31,34,42,44H,16-23,25-27H2,1-5H3,(H,43,47)/t29-/m1/s1. The zero-order valence-corrected chi connectivity index (χ0v) is 29.9. The van der Waals surface area contributed by atoms with Crippen molar-refractivity contribution >= 4 is 28.5 Å². The molecule has 8 heteroatoms. The molecule has 3 fully saturated rings. The van der Waals surface area contributed by atoms with E-state index in [2.05, 4.69) is 69.1 Å². The number of hydrogen-bond acceptors (Lipinski definition) is 6. The van der Waals surface area contributed by atoms with Crippen molar-refractivity contribution in [3.8, 4) is 11.8 Å². The van der Waals surface area contributed by atoms with E-state index in [0.29, 0.717) is 24.6 Å². The average molecular weight is 664 g/mol. The molecule has 6 rings (SSSR count). The van der Waals surface area contributed by atoms with Crippen LogP contribution in [0.5, 0.6) is 0 Å².